The Labute approximate surface area is 124 Å². The van der Waals surface area contributed by atoms with Gasteiger partial charge in [0.05, 0.1) is 5.02 Å². The van der Waals surface area contributed by atoms with Gasteiger partial charge in [-0.05, 0) is 36.5 Å². The van der Waals surface area contributed by atoms with Crippen molar-refractivity contribution in [2.24, 2.45) is 5.41 Å². The van der Waals surface area contributed by atoms with Gasteiger partial charge in [0.2, 0.25) is 0 Å². The number of halogens is 1. The molecule has 4 heteroatoms. The lowest BCUT2D eigenvalue weighted by atomic mass is 9.70. The van der Waals surface area contributed by atoms with Gasteiger partial charge in [0.25, 0.3) is 5.91 Å². The van der Waals surface area contributed by atoms with Crippen LogP contribution in [0.25, 0.3) is 0 Å². The van der Waals surface area contributed by atoms with Crippen LogP contribution in [-0.4, -0.2) is 24.2 Å². The van der Waals surface area contributed by atoms with Crippen LogP contribution in [0, 0.1) is 17.3 Å². The first-order chi connectivity index (χ1) is 9.54. The number of carbonyl (C=O) groups excluding carboxylic acids is 1. The molecule has 0 saturated heterocycles. The SMILES string of the molecule is CC1(CNC(=O)c2ccc(C#CCO)c(Cl)c2)CCC1. The molecule has 2 rings (SSSR count). The zero-order valence-electron chi connectivity index (χ0n) is 11.5. The van der Waals surface area contributed by atoms with Crippen LogP contribution in [0.5, 0.6) is 0 Å². The molecule has 0 aromatic heterocycles. The minimum absolute atomic E-state index is 0.110. The number of carbonyl (C=O) groups is 1. The second-order valence-corrected chi connectivity index (χ2v) is 5.91. The minimum atomic E-state index is -0.211. The van der Waals surface area contributed by atoms with Gasteiger partial charge in [-0.3, -0.25) is 4.79 Å². The van der Waals surface area contributed by atoms with Gasteiger partial charge in [0.1, 0.15) is 6.61 Å². The molecule has 20 heavy (non-hydrogen) atoms. The monoisotopic (exact) mass is 291 g/mol. The second kappa shape index (κ2) is 6.30. The van der Waals surface area contributed by atoms with E-state index in [9.17, 15) is 4.79 Å². The fourth-order valence-corrected chi connectivity index (χ4v) is 2.47. The van der Waals surface area contributed by atoms with Crippen molar-refractivity contribution in [3.8, 4) is 11.8 Å². The van der Waals surface area contributed by atoms with Gasteiger partial charge in [-0.2, -0.15) is 0 Å². The molecule has 0 heterocycles. The van der Waals surface area contributed by atoms with Crippen molar-refractivity contribution >= 4 is 17.5 Å². The molecule has 1 amide bonds. The normalized spacial score (nSPS) is 15.8. The third-order valence-electron chi connectivity index (χ3n) is 3.77. The van der Waals surface area contributed by atoms with Crippen molar-refractivity contribution in [2.75, 3.05) is 13.2 Å². The Morgan fingerprint density at radius 3 is 2.80 bits per heavy atom. The van der Waals surface area contributed by atoms with E-state index >= 15 is 0 Å². The maximum atomic E-state index is 12.1. The number of aliphatic hydroxyl groups excluding tert-OH is 1. The summed E-state index contributed by atoms with van der Waals surface area (Å²) in [5.74, 6) is 5.16. The summed E-state index contributed by atoms with van der Waals surface area (Å²) in [5, 5.41) is 12.0. The molecule has 3 nitrogen and oxygen atoms in total. The zero-order valence-corrected chi connectivity index (χ0v) is 12.3. The lowest BCUT2D eigenvalue weighted by Crippen LogP contribution is -2.39. The summed E-state index contributed by atoms with van der Waals surface area (Å²) in [6.07, 6.45) is 3.59. The second-order valence-electron chi connectivity index (χ2n) is 5.50. The minimum Gasteiger partial charge on any atom is -0.384 e. The fraction of sp³-hybridized carbons (Fsp3) is 0.438. The highest BCUT2D eigenvalue weighted by molar-refractivity contribution is 6.32. The van der Waals surface area contributed by atoms with Crippen LogP contribution in [0.1, 0.15) is 42.1 Å². The zero-order chi connectivity index (χ0) is 14.6. The van der Waals surface area contributed by atoms with Gasteiger partial charge in [-0.15, -0.1) is 0 Å². The molecule has 1 saturated carbocycles. The number of nitrogens with one attached hydrogen (secondary N) is 1. The number of amides is 1. The quantitative estimate of drug-likeness (QED) is 0.841. The Hall–Kier alpha value is -1.50. The maximum Gasteiger partial charge on any atom is 0.251 e. The third-order valence-corrected chi connectivity index (χ3v) is 4.08. The molecule has 0 radical (unpaired) electrons. The van der Waals surface area contributed by atoms with Crippen LogP contribution in [0.3, 0.4) is 0 Å². The average molecular weight is 292 g/mol. The summed E-state index contributed by atoms with van der Waals surface area (Å²) in [7, 11) is 0. The predicted molar refractivity (Wildman–Crippen MR) is 79.7 cm³/mol. The van der Waals surface area contributed by atoms with Crippen LogP contribution in [-0.2, 0) is 0 Å². The predicted octanol–water partition coefficient (Wildman–Crippen LogP) is 2.60. The topological polar surface area (TPSA) is 49.3 Å². The fourth-order valence-electron chi connectivity index (χ4n) is 2.25. The molecule has 1 aromatic rings. The van der Waals surface area contributed by atoms with E-state index in [0.717, 1.165) is 0 Å². The number of aliphatic hydroxyl groups is 1. The maximum absolute atomic E-state index is 12.1. The molecule has 0 bridgehead atoms. The number of hydrogen-bond acceptors (Lipinski definition) is 2. The van der Waals surface area contributed by atoms with Gasteiger partial charge in [0, 0.05) is 17.7 Å². The van der Waals surface area contributed by atoms with Gasteiger partial charge in [-0.1, -0.05) is 36.8 Å². The van der Waals surface area contributed by atoms with Gasteiger partial charge in [-0.25, -0.2) is 0 Å². The Morgan fingerprint density at radius 1 is 1.50 bits per heavy atom. The highest BCUT2D eigenvalue weighted by Gasteiger charge is 2.31. The van der Waals surface area contributed by atoms with Crippen LogP contribution in [0.15, 0.2) is 18.2 Å². The molecular weight excluding hydrogens is 274 g/mol. The van der Waals surface area contributed by atoms with Crippen LogP contribution in [0.4, 0.5) is 0 Å². The summed E-state index contributed by atoms with van der Waals surface area (Å²) in [6, 6.07) is 5.01. The highest BCUT2D eigenvalue weighted by atomic mass is 35.5. The standard InChI is InChI=1S/C16H18ClNO2/c1-16(7-3-8-16)11-18-15(20)13-6-5-12(4-2-9-19)14(17)10-13/h5-6,10,19H,3,7-9,11H2,1H3,(H,18,20). The Morgan fingerprint density at radius 2 is 2.25 bits per heavy atom. The van der Waals surface area contributed by atoms with E-state index in [1.807, 2.05) is 0 Å². The first kappa shape index (κ1) is 14.9. The summed E-state index contributed by atoms with van der Waals surface area (Å²) >= 11 is 6.07. The first-order valence-electron chi connectivity index (χ1n) is 6.72. The smallest absolute Gasteiger partial charge is 0.251 e. The molecule has 0 atom stereocenters. The van der Waals surface area contributed by atoms with Crippen LogP contribution < -0.4 is 5.32 Å². The van der Waals surface area contributed by atoms with E-state index in [1.54, 1.807) is 18.2 Å². The Kier molecular flexibility index (Phi) is 4.69. The third kappa shape index (κ3) is 3.53. The molecule has 0 aliphatic heterocycles. The molecular formula is C16H18ClNO2. The van der Waals surface area contributed by atoms with E-state index in [4.69, 9.17) is 16.7 Å². The molecule has 0 spiro atoms. The summed E-state index contributed by atoms with van der Waals surface area (Å²) in [6.45, 7) is 2.68. The summed E-state index contributed by atoms with van der Waals surface area (Å²) < 4.78 is 0. The van der Waals surface area contributed by atoms with Crippen molar-refractivity contribution in [1.82, 2.24) is 5.32 Å². The number of rotatable bonds is 3. The molecule has 1 aliphatic carbocycles. The molecule has 1 aliphatic rings. The van der Waals surface area contributed by atoms with Gasteiger partial charge in [0.15, 0.2) is 0 Å². The van der Waals surface area contributed by atoms with E-state index in [0.29, 0.717) is 22.7 Å². The summed E-state index contributed by atoms with van der Waals surface area (Å²) in [5.41, 5.74) is 1.40. The molecule has 106 valence electrons. The van der Waals surface area contributed by atoms with E-state index < -0.39 is 0 Å². The average Bonchev–Trinajstić information content (AvgIpc) is 2.41. The van der Waals surface area contributed by atoms with E-state index in [2.05, 4.69) is 24.1 Å². The van der Waals surface area contributed by atoms with Gasteiger partial charge < -0.3 is 10.4 Å². The molecule has 2 N–H and O–H groups in total. The van der Waals surface area contributed by atoms with E-state index in [1.165, 1.54) is 19.3 Å². The molecule has 1 aromatic carbocycles. The molecule has 1 fully saturated rings. The number of benzene rings is 1. The lowest BCUT2D eigenvalue weighted by molar-refractivity contribution is 0.0891. The van der Waals surface area contributed by atoms with Gasteiger partial charge >= 0.3 is 0 Å². The molecule has 0 unspecified atom stereocenters. The lowest BCUT2D eigenvalue weighted by Gasteiger charge is -2.38. The van der Waals surface area contributed by atoms with Crippen LogP contribution in [0.2, 0.25) is 5.02 Å². The van der Waals surface area contributed by atoms with E-state index in [-0.39, 0.29) is 17.9 Å². The Bertz CT molecular complexity index is 568. The largest absolute Gasteiger partial charge is 0.384 e. The number of hydrogen-bond donors (Lipinski definition) is 2. The summed E-state index contributed by atoms with van der Waals surface area (Å²) in [4.78, 5) is 12.1. The van der Waals surface area contributed by atoms with Crippen molar-refractivity contribution in [1.29, 1.82) is 0 Å². The van der Waals surface area contributed by atoms with Crippen molar-refractivity contribution in [3.05, 3.63) is 34.3 Å². The highest BCUT2D eigenvalue weighted by Crippen LogP contribution is 2.39. The van der Waals surface area contributed by atoms with Crippen molar-refractivity contribution in [3.63, 3.8) is 0 Å². The van der Waals surface area contributed by atoms with Crippen LogP contribution >= 0.6 is 11.6 Å². The van der Waals surface area contributed by atoms with Crippen molar-refractivity contribution < 1.29 is 9.90 Å². The first-order valence-corrected chi connectivity index (χ1v) is 7.09. The van der Waals surface area contributed by atoms with Crippen molar-refractivity contribution in [2.45, 2.75) is 26.2 Å². The Balaban J connectivity index is 2.01.